The third-order valence-corrected chi connectivity index (χ3v) is 6.69. The number of rotatable bonds is 7. The molecule has 0 radical (unpaired) electrons. The highest BCUT2D eigenvalue weighted by molar-refractivity contribution is 14.1. The number of benzene rings is 3. The van der Waals surface area contributed by atoms with Gasteiger partial charge in [-0.05, 0) is 83.1 Å². The van der Waals surface area contributed by atoms with Crippen molar-refractivity contribution in [1.82, 2.24) is 5.32 Å². The third kappa shape index (κ3) is 5.97. The lowest BCUT2D eigenvalue weighted by Crippen LogP contribution is -2.54. The Morgan fingerprint density at radius 1 is 1.11 bits per heavy atom. The average molecular weight is 646 g/mol. The van der Waals surface area contributed by atoms with E-state index in [2.05, 4.69) is 10.6 Å². The van der Waals surface area contributed by atoms with Crippen molar-refractivity contribution in [2.75, 3.05) is 23.9 Å². The number of para-hydroxylation sites is 1. The summed E-state index contributed by atoms with van der Waals surface area (Å²) in [6.45, 7) is 1.52. The SMILES string of the molecule is COc1cc(/C=C2\C(=O)NC(=O)N(c3ccc(C)c(Cl)c3)C2=O)cc(I)c1OCC(=O)Nc1ccccc1. The Labute approximate surface area is 236 Å². The largest absolute Gasteiger partial charge is 0.493 e. The number of hydrogen-bond donors (Lipinski definition) is 2. The monoisotopic (exact) mass is 645 g/mol. The molecule has 38 heavy (non-hydrogen) atoms. The minimum Gasteiger partial charge on any atom is -0.493 e. The minimum absolute atomic E-state index is 0.228. The van der Waals surface area contributed by atoms with Crippen molar-refractivity contribution >= 4 is 75.4 Å². The highest BCUT2D eigenvalue weighted by atomic mass is 127. The molecule has 0 bridgehead atoms. The summed E-state index contributed by atoms with van der Waals surface area (Å²) in [7, 11) is 1.43. The third-order valence-electron chi connectivity index (χ3n) is 5.48. The predicted molar refractivity (Wildman–Crippen MR) is 151 cm³/mol. The number of barbiturate groups is 1. The number of urea groups is 1. The van der Waals surface area contributed by atoms with Crippen LogP contribution in [0.4, 0.5) is 16.2 Å². The lowest BCUT2D eigenvalue weighted by Gasteiger charge is -2.26. The Hall–Kier alpha value is -3.90. The summed E-state index contributed by atoms with van der Waals surface area (Å²) >= 11 is 8.17. The van der Waals surface area contributed by atoms with Gasteiger partial charge in [-0.15, -0.1) is 0 Å². The number of nitrogens with one attached hydrogen (secondary N) is 2. The average Bonchev–Trinajstić information content (AvgIpc) is 2.88. The maximum atomic E-state index is 13.2. The van der Waals surface area contributed by atoms with Crippen LogP contribution in [0.25, 0.3) is 6.08 Å². The lowest BCUT2D eigenvalue weighted by molar-refractivity contribution is -0.122. The zero-order valence-corrected chi connectivity index (χ0v) is 23.1. The van der Waals surface area contributed by atoms with Crippen LogP contribution in [0.1, 0.15) is 11.1 Å². The summed E-state index contributed by atoms with van der Waals surface area (Å²) in [5, 5.41) is 5.29. The van der Waals surface area contributed by atoms with E-state index >= 15 is 0 Å². The zero-order chi connectivity index (χ0) is 27.4. The van der Waals surface area contributed by atoms with Crippen LogP contribution < -0.4 is 25.0 Å². The van der Waals surface area contributed by atoms with Gasteiger partial charge < -0.3 is 14.8 Å². The molecular formula is C27H21ClIN3O6. The van der Waals surface area contributed by atoms with Crippen LogP contribution in [0, 0.1) is 10.5 Å². The van der Waals surface area contributed by atoms with Gasteiger partial charge in [-0.25, -0.2) is 9.69 Å². The van der Waals surface area contributed by atoms with Crippen molar-refractivity contribution in [2.24, 2.45) is 0 Å². The maximum absolute atomic E-state index is 13.2. The second-order valence-electron chi connectivity index (χ2n) is 8.13. The van der Waals surface area contributed by atoms with E-state index in [1.807, 2.05) is 28.7 Å². The van der Waals surface area contributed by atoms with E-state index in [-0.39, 0.29) is 29.5 Å². The minimum atomic E-state index is -0.873. The number of halogens is 2. The number of carbonyl (C=O) groups excluding carboxylic acids is 4. The summed E-state index contributed by atoms with van der Waals surface area (Å²) in [6.07, 6.45) is 1.35. The summed E-state index contributed by atoms with van der Waals surface area (Å²) in [5.41, 5.74) is 1.83. The van der Waals surface area contributed by atoms with Crippen molar-refractivity contribution in [3.8, 4) is 11.5 Å². The van der Waals surface area contributed by atoms with Gasteiger partial charge in [-0.3, -0.25) is 19.7 Å². The van der Waals surface area contributed by atoms with Gasteiger partial charge in [0, 0.05) is 10.7 Å². The molecule has 9 nitrogen and oxygen atoms in total. The van der Waals surface area contributed by atoms with Gasteiger partial charge in [0.1, 0.15) is 5.57 Å². The van der Waals surface area contributed by atoms with Crippen LogP contribution in [0.15, 0.2) is 66.2 Å². The molecule has 1 aliphatic rings. The Morgan fingerprint density at radius 2 is 1.84 bits per heavy atom. The normalized spacial score (nSPS) is 14.4. The van der Waals surface area contributed by atoms with E-state index in [1.165, 1.54) is 19.3 Å². The molecule has 0 saturated carbocycles. The quantitative estimate of drug-likeness (QED) is 0.214. The van der Waals surface area contributed by atoms with Gasteiger partial charge in [0.25, 0.3) is 17.7 Å². The number of carbonyl (C=O) groups is 4. The molecule has 2 N–H and O–H groups in total. The summed E-state index contributed by atoms with van der Waals surface area (Å²) in [6, 6.07) is 16.0. The molecule has 194 valence electrons. The molecule has 1 saturated heterocycles. The molecular weight excluding hydrogens is 625 g/mol. The number of ether oxygens (including phenoxy) is 2. The molecule has 0 aliphatic carbocycles. The van der Waals surface area contributed by atoms with Crippen LogP contribution in [-0.4, -0.2) is 37.5 Å². The first-order chi connectivity index (χ1) is 18.2. The number of aryl methyl sites for hydroxylation is 1. The van der Waals surface area contributed by atoms with Gasteiger partial charge in [0.05, 0.1) is 16.4 Å². The lowest BCUT2D eigenvalue weighted by atomic mass is 10.1. The Bertz CT molecular complexity index is 1480. The van der Waals surface area contributed by atoms with E-state index in [1.54, 1.807) is 55.5 Å². The van der Waals surface area contributed by atoms with Crippen LogP contribution in [0.5, 0.6) is 11.5 Å². The fourth-order valence-electron chi connectivity index (χ4n) is 3.60. The molecule has 1 fully saturated rings. The van der Waals surface area contributed by atoms with E-state index in [0.29, 0.717) is 25.6 Å². The fourth-order valence-corrected chi connectivity index (χ4v) is 4.55. The topological polar surface area (TPSA) is 114 Å². The summed E-state index contributed by atoms with van der Waals surface area (Å²) < 4.78 is 11.7. The standard InChI is InChI=1S/C27H21ClIN3O6/c1-15-8-9-18(13-20(15)28)32-26(35)19(25(34)31-27(32)36)10-16-11-21(29)24(22(12-16)37-2)38-14-23(33)30-17-6-4-3-5-7-17/h3-13H,14H2,1-2H3,(H,30,33)(H,31,34,36)/b19-10+. The van der Waals surface area contributed by atoms with Gasteiger partial charge >= 0.3 is 6.03 Å². The Morgan fingerprint density at radius 3 is 2.53 bits per heavy atom. The fraction of sp³-hybridized carbons (Fsp3) is 0.111. The maximum Gasteiger partial charge on any atom is 0.335 e. The molecule has 5 amide bonds. The molecule has 0 aromatic heterocycles. The number of nitrogens with zero attached hydrogens (tertiary/aromatic N) is 1. The highest BCUT2D eigenvalue weighted by Crippen LogP contribution is 2.35. The first-order valence-electron chi connectivity index (χ1n) is 11.2. The Balaban J connectivity index is 1.58. The molecule has 1 aliphatic heterocycles. The van der Waals surface area contributed by atoms with Crippen LogP contribution in [0.3, 0.4) is 0 Å². The van der Waals surface area contributed by atoms with E-state index < -0.39 is 17.8 Å². The van der Waals surface area contributed by atoms with Crippen molar-refractivity contribution in [3.05, 3.63) is 86.0 Å². The molecule has 4 rings (SSSR count). The van der Waals surface area contributed by atoms with Crippen molar-refractivity contribution in [2.45, 2.75) is 6.92 Å². The first-order valence-corrected chi connectivity index (χ1v) is 12.7. The summed E-state index contributed by atoms with van der Waals surface area (Å²) in [4.78, 5) is 51.4. The van der Waals surface area contributed by atoms with E-state index in [0.717, 1.165) is 10.5 Å². The Kier molecular flexibility index (Phi) is 8.32. The molecule has 0 unspecified atom stereocenters. The summed E-state index contributed by atoms with van der Waals surface area (Å²) in [5.74, 6) is -1.38. The molecule has 0 spiro atoms. The number of hydrogen-bond acceptors (Lipinski definition) is 6. The van der Waals surface area contributed by atoms with Crippen LogP contribution >= 0.6 is 34.2 Å². The molecule has 1 heterocycles. The second-order valence-corrected chi connectivity index (χ2v) is 9.70. The van der Waals surface area contributed by atoms with Gasteiger partial charge in [0.15, 0.2) is 18.1 Å². The predicted octanol–water partition coefficient (Wildman–Crippen LogP) is 4.95. The zero-order valence-electron chi connectivity index (χ0n) is 20.2. The van der Waals surface area contributed by atoms with Crippen LogP contribution in [-0.2, 0) is 14.4 Å². The van der Waals surface area contributed by atoms with E-state index in [9.17, 15) is 19.2 Å². The molecule has 3 aromatic carbocycles. The number of imide groups is 2. The van der Waals surface area contributed by atoms with Gasteiger partial charge in [-0.1, -0.05) is 35.9 Å². The van der Waals surface area contributed by atoms with Gasteiger partial charge in [-0.2, -0.15) is 0 Å². The van der Waals surface area contributed by atoms with Crippen LogP contribution in [0.2, 0.25) is 5.02 Å². The number of anilines is 2. The second kappa shape index (κ2) is 11.7. The molecule has 3 aromatic rings. The van der Waals surface area contributed by atoms with E-state index in [4.69, 9.17) is 21.1 Å². The van der Waals surface area contributed by atoms with Crippen molar-refractivity contribution < 1.29 is 28.7 Å². The number of amides is 5. The van der Waals surface area contributed by atoms with Crippen molar-refractivity contribution in [1.29, 1.82) is 0 Å². The molecule has 0 atom stereocenters. The first kappa shape index (κ1) is 27.1. The highest BCUT2D eigenvalue weighted by Gasteiger charge is 2.37. The molecule has 11 heteroatoms. The smallest absolute Gasteiger partial charge is 0.335 e. The number of methoxy groups -OCH3 is 1. The van der Waals surface area contributed by atoms with Crippen molar-refractivity contribution in [3.63, 3.8) is 0 Å². The van der Waals surface area contributed by atoms with Gasteiger partial charge in [0.2, 0.25) is 0 Å².